The van der Waals surface area contributed by atoms with Crippen LogP contribution >= 0.6 is 0 Å². The van der Waals surface area contributed by atoms with E-state index in [4.69, 9.17) is 0 Å². The second-order valence-electron chi connectivity index (χ2n) is 8.33. The number of aliphatic hydroxyl groups is 1. The topological polar surface area (TPSA) is 49.3 Å². The highest BCUT2D eigenvalue weighted by Crippen LogP contribution is 2.41. The molecule has 2 atom stereocenters. The van der Waals surface area contributed by atoms with Crippen LogP contribution in [0.1, 0.15) is 66.7 Å². The highest BCUT2D eigenvalue weighted by molar-refractivity contribution is 5.78. The molecular weight excluding hydrogens is 250 g/mol. The zero-order chi connectivity index (χ0) is 15.4. The lowest BCUT2D eigenvalue weighted by Crippen LogP contribution is -2.38. The Morgan fingerprint density at radius 2 is 2.00 bits per heavy atom. The van der Waals surface area contributed by atoms with Crippen molar-refractivity contribution in [1.29, 1.82) is 0 Å². The maximum atomic E-state index is 12.3. The van der Waals surface area contributed by atoms with E-state index in [1.54, 1.807) is 0 Å². The molecule has 118 valence electrons. The molecule has 1 fully saturated rings. The summed E-state index contributed by atoms with van der Waals surface area (Å²) in [5.74, 6) is 1.05. The van der Waals surface area contributed by atoms with E-state index in [1.807, 2.05) is 0 Å². The van der Waals surface area contributed by atoms with Crippen molar-refractivity contribution < 1.29 is 9.90 Å². The molecule has 0 heterocycles. The van der Waals surface area contributed by atoms with Gasteiger partial charge in [0.25, 0.3) is 0 Å². The van der Waals surface area contributed by atoms with Crippen LogP contribution in [0.4, 0.5) is 0 Å². The lowest BCUT2D eigenvalue weighted by Gasteiger charge is -2.38. The minimum Gasteiger partial charge on any atom is -0.396 e. The quantitative estimate of drug-likeness (QED) is 0.734. The number of carbonyl (C=O) groups is 1. The van der Waals surface area contributed by atoms with Crippen LogP contribution in [0, 0.1) is 22.7 Å². The molecule has 0 spiro atoms. The summed E-state index contributed by atoms with van der Waals surface area (Å²) in [4.78, 5) is 12.3. The largest absolute Gasteiger partial charge is 0.396 e. The van der Waals surface area contributed by atoms with E-state index in [9.17, 15) is 9.90 Å². The van der Waals surface area contributed by atoms with Gasteiger partial charge in [0, 0.05) is 19.1 Å². The molecule has 2 N–H and O–H groups in total. The number of amides is 1. The first-order chi connectivity index (χ1) is 9.15. The van der Waals surface area contributed by atoms with E-state index in [1.165, 1.54) is 6.42 Å². The molecule has 1 rings (SSSR count). The third kappa shape index (κ3) is 5.82. The van der Waals surface area contributed by atoms with E-state index in [-0.39, 0.29) is 23.8 Å². The molecule has 3 nitrogen and oxygen atoms in total. The Labute approximate surface area is 124 Å². The molecule has 0 aromatic heterocycles. The second kappa shape index (κ2) is 6.93. The van der Waals surface area contributed by atoms with Gasteiger partial charge < -0.3 is 10.4 Å². The van der Waals surface area contributed by atoms with Crippen molar-refractivity contribution in [2.45, 2.75) is 66.7 Å². The molecular formula is C17H33NO2. The Morgan fingerprint density at radius 3 is 2.55 bits per heavy atom. The van der Waals surface area contributed by atoms with Gasteiger partial charge >= 0.3 is 0 Å². The second-order valence-corrected chi connectivity index (χ2v) is 8.33. The van der Waals surface area contributed by atoms with Gasteiger partial charge in [-0.05, 0) is 48.9 Å². The number of carbonyl (C=O) groups excluding carboxylic acids is 1. The molecule has 3 heteroatoms. The molecule has 1 aliphatic carbocycles. The Hall–Kier alpha value is -0.570. The van der Waals surface area contributed by atoms with Crippen molar-refractivity contribution in [3.05, 3.63) is 0 Å². The molecule has 0 aromatic rings. The van der Waals surface area contributed by atoms with Crippen LogP contribution in [0.15, 0.2) is 0 Å². The summed E-state index contributed by atoms with van der Waals surface area (Å²) in [5.41, 5.74) is 0.255. The molecule has 0 aliphatic heterocycles. The van der Waals surface area contributed by atoms with E-state index in [2.05, 4.69) is 39.9 Å². The van der Waals surface area contributed by atoms with Gasteiger partial charge in [-0.1, -0.05) is 34.6 Å². The number of aliphatic hydroxyl groups excluding tert-OH is 1. The van der Waals surface area contributed by atoms with Crippen LogP contribution in [0.25, 0.3) is 0 Å². The SMILES string of the molecule is CC1CC(C(=O)NCCCC(C)(C)CO)CC(C)(C)C1. The normalized spacial score (nSPS) is 26.3. The highest BCUT2D eigenvalue weighted by Gasteiger charge is 2.35. The van der Waals surface area contributed by atoms with E-state index in [0.29, 0.717) is 11.3 Å². The van der Waals surface area contributed by atoms with Crippen molar-refractivity contribution >= 4 is 5.91 Å². The van der Waals surface area contributed by atoms with Crippen molar-refractivity contribution in [2.75, 3.05) is 13.2 Å². The average Bonchev–Trinajstić information content (AvgIpc) is 2.32. The van der Waals surface area contributed by atoms with Gasteiger partial charge in [-0.25, -0.2) is 0 Å². The molecule has 0 bridgehead atoms. The Balaban J connectivity index is 2.32. The molecule has 0 radical (unpaired) electrons. The average molecular weight is 283 g/mol. The van der Waals surface area contributed by atoms with Gasteiger partial charge in [-0.2, -0.15) is 0 Å². The van der Waals surface area contributed by atoms with Crippen LogP contribution in [0.2, 0.25) is 0 Å². The standard InChI is InChI=1S/C17H33NO2/c1-13-9-14(11-17(4,5)10-13)15(20)18-8-6-7-16(2,3)12-19/h13-14,19H,6-12H2,1-5H3,(H,18,20). The van der Waals surface area contributed by atoms with Gasteiger partial charge in [0.05, 0.1) is 0 Å². The van der Waals surface area contributed by atoms with E-state index in [0.717, 1.165) is 32.2 Å². The van der Waals surface area contributed by atoms with E-state index < -0.39 is 0 Å². The van der Waals surface area contributed by atoms with Crippen LogP contribution in [-0.4, -0.2) is 24.2 Å². The third-order valence-corrected chi connectivity index (χ3v) is 4.52. The first-order valence-corrected chi connectivity index (χ1v) is 8.04. The number of hydrogen-bond acceptors (Lipinski definition) is 2. The molecule has 1 amide bonds. The first kappa shape index (κ1) is 17.5. The fourth-order valence-electron chi connectivity index (χ4n) is 3.55. The predicted octanol–water partition coefficient (Wildman–Crippen LogP) is 3.36. The molecule has 1 aliphatic rings. The number of nitrogens with one attached hydrogen (secondary N) is 1. The molecule has 20 heavy (non-hydrogen) atoms. The van der Waals surface area contributed by atoms with E-state index >= 15 is 0 Å². The zero-order valence-electron chi connectivity index (χ0n) is 14.0. The van der Waals surface area contributed by atoms with Crippen LogP contribution in [0.3, 0.4) is 0 Å². The van der Waals surface area contributed by atoms with Crippen molar-refractivity contribution in [2.24, 2.45) is 22.7 Å². The van der Waals surface area contributed by atoms with Crippen molar-refractivity contribution in [3.63, 3.8) is 0 Å². The highest BCUT2D eigenvalue weighted by atomic mass is 16.3. The van der Waals surface area contributed by atoms with Gasteiger partial charge in [0.1, 0.15) is 0 Å². The Bertz CT molecular complexity index is 323. The Morgan fingerprint density at radius 1 is 1.35 bits per heavy atom. The lowest BCUT2D eigenvalue weighted by atomic mass is 9.68. The summed E-state index contributed by atoms with van der Waals surface area (Å²) in [6, 6.07) is 0. The fraction of sp³-hybridized carbons (Fsp3) is 0.941. The Kier molecular flexibility index (Phi) is 6.06. The van der Waals surface area contributed by atoms with Crippen LogP contribution in [-0.2, 0) is 4.79 Å². The lowest BCUT2D eigenvalue weighted by molar-refractivity contribution is -0.128. The number of rotatable bonds is 6. The molecule has 0 aromatic carbocycles. The van der Waals surface area contributed by atoms with Gasteiger partial charge in [0.2, 0.25) is 5.91 Å². The molecule has 2 unspecified atom stereocenters. The summed E-state index contributed by atoms with van der Waals surface area (Å²) in [6.45, 7) is 11.8. The first-order valence-electron chi connectivity index (χ1n) is 8.04. The third-order valence-electron chi connectivity index (χ3n) is 4.52. The zero-order valence-corrected chi connectivity index (χ0v) is 14.0. The number of hydrogen-bond donors (Lipinski definition) is 2. The molecule has 0 saturated heterocycles. The monoisotopic (exact) mass is 283 g/mol. The van der Waals surface area contributed by atoms with Gasteiger partial charge in [0.15, 0.2) is 0 Å². The fourth-order valence-corrected chi connectivity index (χ4v) is 3.55. The summed E-state index contributed by atoms with van der Waals surface area (Å²) in [7, 11) is 0. The summed E-state index contributed by atoms with van der Waals surface area (Å²) >= 11 is 0. The minimum absolute atomic E-state index is 0.0356. The smallest absolute Gasteiger partial charge is 0.223 e. The van der Waals surface area contributed by atoms with Gasteiger partial charge in [-0.15, -0.1) is 0 Å². The summed E-state index contributed by atoms with van der Waals surface area (Å²) < 4.78 is 0. The predicted molar refractivity (Wildman–Crippen MR) is 83.4 cm³/mol. The van der Waals surface area contributed by atoms with Crippen LogP contribution < -0.4 is 5.32 Å². The molecule has 1 saturated carbocycles. The van der Waals surface area contributed by atoms with Crippen molar-refractivity contribution in [1.82, 2.24) is 5.32 Å². The summed E-state index contributed by atoms with van der Waals surface area (Å²) in [6.07, 6.45) is 5.13. The van der Waals surface area contributed by atoms with Crippen LogP contribution in [0.5, 0.6) is 0 Å². The summed E-state index contributed by atoms with van der Waals surface area (Å²) in [5, 5.41) is 12.3. The van der Waals surface area contributed by atoms with Crippen molar-refractivity contribution in [3.8, 4) is 0 Å². The maximum absolute atomic E-state index is 12.3. The van der Waals surface area contributed by atoms with Gasteiger partial charge in [-0.3, -0.25) is 4.79 Å². The minimum atomic E-state index is -0.0356. The maximum Gasteiger partial charge on any atom is 0.223 e.